The average molecular weight is 501 g/mol. The largest absolute Gasteiger partial charge is 0.497 e. The molecule has 1 amide bonds. The van der Waals surface area contributed by atoms with Gasteiger partial charge in [0.25, 0.3) is 11.5 Å². The highest BCUT2D eigenvalue weighted by molar-refractivity contribution is 5.97. The van der Waals surface area contributed by atoms with Gasteiger partial charge in [0, 0.05) is 38.9 Å². The van der Waals surface area contributed by atoms with Gasteiger partial charge in [0.15, 0.2) is 0 Å². The second-order valence-electron chi connectivity index (χ2n) is 9.42. The van der Waals surface area contributed by atoms with Crippen LogP contribution in [0.2, 0.25) is 0 Å². The molecule has 0 saturated carbocycles. The molecule has 1 aliphatic rings. The molecular weight excluding hydrogens is 468 g/mol. The summed E-state index contributed by atoms with van der Waals surface area (Å²) in [6.45, 7) is 8.17. The minimum atomic E-state index is -0.244. The predicted molar refractivity (Wildman–Crippen MR) is 142 cm³/mol. The molecule has 4 heterocycles. The van der Waals surface area contributed by atoms with Gasteiger partial charge in [0.05, 0.1) is 18.1 Å². The Morgan fingerprint density at radius 2 is 1.81 bits per heavy atom. The maximum atomic E-state index is 13.6. The number of benzene rings is 1. The van der Waals surface area contributed by atoms with Gasteiger partial charge in [-0.3, -0.25) is 19.4 Å². The van der Waals surface area contributed by atoms with Crippen molar-refractivity contribution in [3.8, 4) is 5.75 Å². The lowest BCUT2D eigenvalue weighted by Crippen LogP contribution is -2.49. The smallest absolute Gasteiger partial charge is 0.267 e. The summed E-state index contributed by atoms with van der Waals surface area (Å²) >= 11 is 0. The molecule has 192 valence electrons. The summed E-state index contributed by atoms with van der Waals surface area (Å²) in [4.78, 5) is 36.1. The van der Waals surface area contributed by atoms with Crippen molar-refractivity contribution in [2.75, 3.05) is 39.8 Å². The maximum Gasteiger partial charge on any atom is 0.267 e. The third kappa shape index (κ3) is 4.62. The minimum Gasteiger partial charge on any atom is -0.497 e. The Kier molecular flexibility index (Phi) is 6.80. The molecule has 9 nitrogen and oxygen atoms in total. The van der Waals surface area contributed by atoms with Crippen molar-refractivity contribution in [3.63, 3.8) is 0 Å². The number of likely N-dealkylation sites (N-methyl/N-ethyl adjacent to an activating group) is 1. The number of piperazine rings is 1. The summed E-state index contributed by atoms with van der Waals surface area (Å²) in [5.41, 5.74) is 2.96. The number of nitrogens with one attached hydrogen (secondary N) is 1. The number of nitrogens with zero attached hydrogens (tertiary/aromatic N) is 5. The van der Waals surface area contributed by atoms with E-state index >= 15 is 0 Å². The van der Waals surface area contributed by atoms with Crippen LogP contribution < -0.4 is 15.8 Å². The molecule has 1 aliphatic heterocycles. The normalized spacial score (nSPS) is 14.4. The van der Waals surface area contributed by atoms with E-state index in [1.165, 1.54) is 4.40 Å². The van der Waals surface area contributed by atoms with Crippen molar-refractivity contribution in [1.29, 1.82) is 5.41 Å². The summed E-state index contributed by atoms with van der Waals surface area (Å²) in [5, 5.41) is 9.39. The van der Waals surface area contributed by atoms with Crippen LogP contribution >= 0.6 is 0 Å². The first-order valence-corrected chi connectivity index (χ1v) is 12.7. The lowest BCUT2D eigenvalue weighted by Gasteiger charge is -2.34. The lowest BCUT2D eigenvalue weighted by molar-refractivity contribution is 0.0640. The van der Waals surface area contributed by atoms with Gasteiger partial charge in [-0.25, -0.2) is 4.98 Å². The van der Waals surface area contributed by atoms with E-state index in [1.54, 1.807) is 28.8 Å². The number of pyridine rings is 2. The van der Waals surface area contributed by atoms with Gasteiger partial charge in [-0.05, 0) is 55.3 Å². The number of hydrogen-bond acceptors (Lipinski definition) is 6. The number of aryl methyl sites for hydroxylation is 3. The number of methoxy groups -OCH3 is 1. The van der Waals surface area contributed by atoms with Crippen molar-refractivity contribution < 1.29 is 9.53 Å². The van der Waals surface area contributed by atoms with E-state index in [0.29, 0.717) is 42.7 Å². The molecule has 0 atom stereocenters. The summed E-state index contributed by atoms with van der Waals surface area (Å²) in [7, 11) is 1.63. The van der Waals surface area contributed by atoms with Crippen LogP contribution in [0.1, 0.15) is 28.4 Å². The number of amides is 1. The Morgan fingerprint density at radius 1 is 1.08 bits per heavy atom. The van der Waals surface area contributed by atoms with Gasteiger partial charge in [-0.15, -0.1) is 0 Å². The minimum absolute atomic E-state index is 0.0776. The fraction of sp³-hybridized carbons (Fsp3) is 0.357. The first-order valence-electron chi connectivity index (χ1n) is 12.7. The molecule has 1 saturated heterocycles. The van der Waals surface area contributed by atoms with Crippen LogP contribution in [0.4, 0.5) is 0 Å². The van der Waals surface area contributed by atoms with E-state index in [9.17, 15) is 9.59 Å². The van der Waals surface area contributed by atoms with Crippen LogP contribution in [0.5, 0.6) is 5.75 Å². The third-order valence-electron chi connectivity index (χ3n) is 7.25. The van der Waals surface area contributed by atoms with E-state index in [-0.39, 0.29) is 22.5 Å². The van der Waals surface area contributed by atoms with Crippen molar-refractivity contribution in [1.82, 2.24) is 23.8 Å². The number of carbonyl (C=O) groups excluding carboxylic acids is 1. The Labute approximate surface area is 215 Å². The lowest BCUT2D eigenvalue weighted by atomic mass is 10.1. The zero-order valence-electron chi connectivity index (χ0n) is 21.5. The number of carbonyl (C=O) groups is 1. The van der Waals surface area contributed by atoms with Crippen molar-refractivity contribution in [3.05, 3.63) is 81.2 Å². The van der Waals surface area contributed by atoms with Crippen LogP contribution in [0.3, 0.4) is 0 Å². The van der Waals surface area contributed by atoms with Gasteiger partial charge in [0.2, 0.25) is 0 Å². The molecule has 37 heavy (non-hydrogen) atoms. The Morgan fingerprint density at radius 3 is 2.49 bits per heavy atom. The van der Waals surface area contributed by atoms with E-state index in [0.717, 1.165) is 36.5 Å². The monoisotopic (exact) mass is 500 g/mol. The molecule has 0 radical (unpaired) electrons. The highest BCUT2D eigenvalue weighted by Crippen LogP contribution is 2.16. The van der Waals surface area contributed by atoms with Gasteiger partial charge >= 0.3 is 0 Å². The molecule has 0 bridgehead atoms. The third-order valence-corrected chi connectivity index (χ3v) is 7.25. The molecule has 0 spiro atoms. The standard InChI is InChI=1S/C28H32N6O3/c1-4-31-14-16-32(17-15-31)27(35)22-18-23-26(30-25-19(2)6-5-12-34(25)28(23)36)33(24(22)29)13-11-20-7-9-21(37-3)10-8-20/h5-10,12,18,29H,4,11,13-17H2,1-3H3. The highest BCUT2D eigenvalue weighted by Gasteiger charge is 2.25. The van der Waals surface area contributed by atoms with Crippen LogP contribution in [0.25, 0.3) is 16.7 Å². The molecule has 4 aromatic rings. The molecule has 0 unspecified atom stereocenters. The maximum absolute atomic E-state index is 13.6. The van der Waals surface area contributed by atoms with Crippen LogP contribution in [0.15, 0.2) is 53.5 Å². The summed E-state index contributed by atoms with van der Waals surface area (Å²) in [5.74, 6) is 0.560. The first kappa shape index (κ1) is 24.7. The zero-order chi connectivity index (χ0) is 26.1. The summed E-state index contributed by atoms with van der Waals surface area (Å²) in [6, 6.07) is 13.1. The van der Waals surface area contributed by atoms with E-state index in [4.69, 9.17) is 15.1 Å². The molecule has 9 heteroatoms. The quantitative estimate of drug-likeness (QED) is 0.411. The van der Waals surface area contributed by atoms with Crippen molar-refractivity contribution in [2.24, 2.45) is 0 Å². The number of fused-ring (bicyclic) bond motifs is 2. The average Bonchev–Trinajstić information content (AvgIpc) is 2.93. The number of rotatable bonds is 6. The molecule has 5 rings (SSSR count). The molecule has 1 aromatic carbocycles. The zero-order valence-corrected chi connectivity index (χ0v) is 21.5. The van der Waals surface area contributed by atoms with Gasteiger partial charge in [-0.2, -0.15) is 0 Å². The molecule has 0 aliphatic carbocycles. The fourth-order valence-electron chi connectivity index (χ4n) is 4.95. The Hall–Kier alpha value is -3.98. The highest BCUT2D eigenvalue weighted by atomic mass is 16.5. The predicted octanol–water partition coefficient (Wildman–Crippen LogP) is 2.47. The van der Waals surface area contributed by atoms with Gasteiger partial charge < -0.3 is 19.1 Å². The van der Waals surface area contributed by atoms with Crippen LogP contribution in [0, 0.1) is 12.3 Å². The van der Waals surface area contributed by atoms with Crippen LogP contribution in [-0.2, 0) is 13.0 Å². The van der Waals surface area contributed by atoms with Crippen molar-refractivity contribution >= 4 is 22.6 Å². The summed E-state index contributed by atoms with van der Waals surface area (Å²) in [6.07, 6.45) is 2.30. The summed E-state index contributed by atoms with van der Waals surface area (Å²) < 4.78 is 8.49. The number of hydrogen-bond donors (Lipinski definition) is 1. The SMILES string of the molecule is CCN1CCN(C(=O)c2cc3c(=O)n4cccc(C)c4nc3n(CCc3ccc(OC)cc3)c2=N)CC1. The molecular formula is C28H32N6O3. The molecule has 1 N–H and O–H groups in total. The second-order valence-corrected chi connectivity index (χ2v) is 9.42. The van der Waals surface area contributed by atoms with Crippen LogP contribution in [-0.4, -0.2) is 69.5 Å². The molecule has 3 aromatic heterocycles. The Bertz CT molecular complexity index is 1580. The van der Waals surface area contributed by atoms with Gasteiger partial charge in [-0.1, -0.05) is 25.1 Å². The topological polar surface area (TPSA) is 95.9 Å². The van der Waals surface area contributed by atoms with E-state index in [2.05, 4.69) is 11.8 Å². The van der Waals surface area contributed by atoms with Gasteiger partial charge in [0.1, 0.15) is 22.5 Å². The second kappa shape index (κ2) is 10.2. The molecule has 1 fully saturated rings. The van der Waals surface area contributed by atoms with E-state index < -0.39 is 0 Å². The fourth-order valence-corrected chi connectivity index (χ4v) is 4.95. The van der Waals surface area contributed by atoms with E-state index in [1.807, 2.05) is 43.3 Å². The number of ether oxygens (including phenoxy) is 1. The Balaban J connectivity index is 1.63. The number of aromatic nitrogens is 3. The van der Waals surface area contributed by atoms with Crippen molar-refractivity contribution in [2.45, 2.75) is 26.8 Å². The first-order chi connectivity index (χ1) is 17.9.